The second kappa shape index (κ2) is 3.53. The number of fused-ring (bicyclic) bond motifs is 4. The molecule has 0 amide bonds. The fraction of sp³-hybridized carbons (Fsp3) is 0.882. The molecule has 0 aliphatic heterocycles. The zero-order chi connectivity index (χ0) is 12.5. The first-order valence-corrected chi connectivity index (χ1v) is 11.9. The summed E-state index contributed by atoms with van der Waals surface area (Å²) in [5.41, 5.74) is 0.803. The third kappa shape index (κ3) is 1.37. The molecule has 4 aliphatic rings. The van der Waals surface area contributed by atoms with E-state index in [-0.39, 0.29) is 0 Å². The third-order valence-corrected chi connectivity index (χ3v) is 8.22. The molecule has 4 aliphatic carbocycles. The summed E-state index contributed by atoms with van der Waals surface area (Å²) >= 11 is 0. The van der Waals surface area contributed by atoms with Crippen LogP contribution in [0, 0.1) is 35.0 Å². The van der Waals surface area contributed by atoms with Gasteiger partial charge in [0, 0.05) is 8.07 Å². The smallest absolute Gasteiger partial charge is 0.0448 e. The zero-order valence-electron chi connectivity index (χ0n) is 12.3. The molecule has 18 heavy (non-hydrogen) atoms. The van der Waals surface area contributed by atoms with Crippen LogP contribution < -0.4 is 0 Å². The molecule has 100 valence electrons. The Labute approximate surface area is 113 Å². The quantitative estimate of drug-likeness (QED) is 0.486. The van der Waals surface area contributed by atoms with Gasteiger partial charge in [-0.05, 0) is 47.8 Å². The second-order valence-corrected chi connectivity index (χ2v) is 14.3. The van der Waals surface area contributed by atoms with E-state index >= 15 is 0 Å². The van der Waals surface area contributed by atoms with Crippen LogP contribution in [0.15, 0.2) is 12.2 Å². The minimum atomic E-state index is -0.913. The van der Waals surface area contributed by atoms with Gasteiger partial charge < -0.3 is 0 Å². The van der Waals surface area contributed by atoms with Gasteiger partial charge in [-0.25, -0.2) is 0 Å². The third-order valence-electron chi connectivity index (χ3n) is 6.55. The van der Waals surface area contributed by atoms with Crippen LogP contribution in [0.4, 0.5) is 0 Å². The van der Waals surface area contributed by atoms with E-state index in [1.165, 1.54) is 19.3 Å². The Morgan fingerprint density at radius 1 is 0.944 bits per heavy atom. The van der Waals surface area contributed by atoms with Gasteiger partial charge >= 0.3 is 0 Å². The van der Waals surface area contributed by atoms with Gasteiger partial charge in [-0.1, -0.05) is 57.1 Å². The van der Waals surface area contributed by atoms with E-state index in [1.54, 1.807) is 18.9 Å². The predicted molar refractivity (Wildman–Crippen MR) is 80.3 cm³/mol. The predicted octanol–water partition coefficient (Wildman–Crippen LogP) is 4.95. The minimum absolute atomic E-state index is 0.803. The largest absolute Gasteiger partial charge is 0.0842 e. The molecule has 0 nitrogen and oxygen atoms in total. The van der Waals surface area contributed by atoms with Gasteiger partial charge in [0.1, 0.15) is 0 Å². The highest BCUT2D eigenvalue weighted by Crippen LogP contribution is 2.82. The lowest BCUT2D eigenvalue weighted by Gasteiger charge is -2.30. The molecule has 3 saturated carbocycles. The van der Waals surface area contributed by atoms with Crippen molar-refractivity contribution in [3.8, 4) is 0 Å². The van der Waals surface area contributed by atoms with Crippen molar-refractivity contribution in [1.29, 1.82) is 0 Å². The van der Waals surface area contributed by atoms with Crippen molar-refractivity contribution < 1.29 is 0 Å². The molecule has 3 fully saturated rings. The fourth-order valence-electron chi connectivity index (χ4n) is 6.42. The van der Waals surface area contributed by atoms with E-state index in [4.69, 9.17) is 0 Å². The maximum atomic E-state index is 2.66. The Hall–Kier alpha value is -0.0431. The lowest BCUT2D eigenvalue weighted by Crippen LogP contribution is -2.29. The molecule has 5 unspecified atom stereocenters. The van der Waals surface area contributed by atoms with E-state index in [0.29, 0.717) is 0 Å². The van der Waals surface area contributed by atoms with Crippen LogP contribution in [0.25, 0.3) is 0 Å². The maximum absolute atomic E-state index is 2.66. The normalized spacial score (nSPS) is 52.9. The maximum Gasteiger partial charge on any atom is 0.0448 e. The van der Waals surface area contributed by atoms with Gasteiger partial charge in [-0.2, -0.15) is 0 Å². The molecule has 0 aromatic heterocycles. The van der Waals surface area contributed by atoms with Crippen molar-refractivity contribution >= 4 is 8.07 Å². The molecule has 0 N–H and O–H groups in total. The van der Waals surface area contributed by atoms with Gasteiger partial charge in [0.15, 0.2) is 0 Å². The number of rotatable bonds is 2. The lowest BCUT2D eigenvalue weighted by molar-refractivity contribution is 0.255. The van der Waals surface area contributed by atoms with Gasteiger partial charge in [0.2, 0.25) is 0 Å². The van der Waals surface area contributed by atoms with Crippen molar-refractivity contribution in [2.75, 3.05) is 0 Å². The molecule has 0 bridgehead atoms. The Balaban J connectivity index is 1.66. The van der Waals surface area contributed by atoms with Crippen LogP contribution in [0.5, 0.6) is 0 Å². The standard InChI is InChI=1S/C17H28Si/c1-18(2,3)11-17-14-9-10-15(17)16(17)13-8-6-4-5-7-12(13)14/h9-10,12-16H,4-8,11H2,1-3H3/t12?,13?,14?,15?,16?,17-/m0/s1. The summed E-state index contributed by atoms with van der Waals surface area (Å²) < 4.78 is 0. The van der Waals surface area contributed by atoms with Crippen LogP contribution in [0.1, 0.15) is 32.1 Å². The van der Waals surface area contributed by atoms with Gasteiger partial charge in [0.25, 0.3) is 0 Å². The van der Waals surface area contributed by atoms with Crippen molar-refractivity contribution in [1.82, 2.24) is 0 Å². The summed E-state index contributed by atoms with van der Waals surface area (Å²) in [6, 6.07) is 1.61. The van der Waals surface area contributed by atoms with Crippen molar-refractivity contribution in [2.45, 2.75) is 57.8 Å². The highest BCUT2D eigenvalue weighted by atomic mass is 28.3. The van der Waals surface area contributed by atoms with Crippen LogP contribution in [-0.4, -0.2) is 8.07 Å². The Kier molecular flexibility index (Phi) is 2.31. The fourth-order valence-corrected chi connectivity index (χ4v) is 8.96. The first-order valence-electron chi connectivity index (χ1n) is 8.22. The molecule has 0 saturated heterocycles. The lowest BCUT2D eigenvalue weighted by atomic mass is 9.79. The molecular formula is C17H28Si. The van der Waals surface area contributed by atoms with Crippen molar-refractivity contribution in [3.05, 3.63) is 12.2 Å². The van der Waals surface area contributed by atoms with E-state index in [9.17, 15) is 0 Å². The second-order valence-electron chi connectivity index (χ2n) is 8.78. The Bertz CT molecular complexity index is 391. The monoisotopic (exact) mass is 260 g/mol. The van der Waals surface area contributed by atoms with Crippen molar-refractivity contribution in [3.63, 3.8) is 0 Å². The SMILES string of the molecule is C[Si](C)(C)C[C@]12C3C=CC1C2C1CCCCCC13. The molecule has 4 rings (SSSR count). The molecule has 0 aromatic rings. The Morgan fingerprint density at radius 3 is 2.33 bits per heavy atom. The van der Waals surface area contributed by atoms with E-state index in [0.717, 1.165) is 35.0 Å². The molecule has 0 radical (unpaired) electrons. The van der Waals surface area contributed by atoms with Crippen LogP contribution in [0.3, 0.4) is 0 Å². The summed E-state index contributed by atoms with van der Waals surface area (Å²) in [4.78, 5) is 0. The molecule has 6 atom stereocenters. The average molecular weight is 260 g/mol. The van der Waals surface area contributed by atoms with Crippen molar-refractivity contribution in [2.24, 2.45) is 35.0 Å². The average Bonchev–Trinajstić information content (AvgIpc) is 2.78. The van der Waals surface area contributed by atoms with Crippen LogP contribution in [0.2, 0.25) is 25.7 Å². The first-order chi connectivity index (χ1) is 8.54. The molecule has 1 heteroatoms. The molecule has 0 heterocycles. The first kappa shape index (κ1) is 11.8. The topological polar surface area (TPSA) is 0 Å². The van der Waals surface area contributed by atoms with E-state index < -0.39 is 8.07 Å². The summed E-state index contributed by atoms with van der Waals surface area (Å²) in [6.45, 7) is 7.76. The summed E-state index contributed by atoms with van der Waals surface area (Å²) in [6.07, 6.45) is 13.0. The summed E-state index contributed by atoms with van der Waals surface area (Å²) in [7, 11) is -0.913. The van der Waals surface area contributed by atoms with Crippen LogP contribution in [-0.2, 0) is 0 Å². The van der Waals surface area contributed by atoms with Gasteiger partial charge in [0.05, 0.1) is 0 Å². The Morgan fingerprint density at radius 2 is 1.61 bits per heavy atom. The number of hydrogen-bond acceptors (Lipinski definition) is 0. The van der Waals surface area contributed by atoms with Crippen LogP contribution >= 0.6 is 0 Å². The molecule has 0 aromatic carbocycles. The summed E-state index contributed by atoms with van der Waals surface area (Å²) in [5, 5.41) is 0. The number of allylic oxidation sites excluding steroid dienone is 2. The van der Waals surface area contributed by atoms with E-state index in [1.807, 2.05) is 0 Å². The van der Waals surface area contributed by atoms with Gasteiger partial charge in [-0.15, -0.1) is 0 Å². The summed E-state index contributed by atoms with van der Waals surface area (Å²) in [5.74, 6) is 5.36. The number of hydrogen-bond donors (Lipinski definition) is 0. The van der Waals surface area contributed by atoms with Gasteiger partial charge in [-0.3, -0.25) is 0 Å². The van der Waals surface area contributed by atoms with E-state index in [2.05, 4.69) is 31.8 Å². The minimum Gasteiger partial charge on any atom is -0.0842 e. The highest BCUT2D eigenvalue weighted by Gasteiger charge is 2.77. The molecular weight excluding hydrogens is 232 g/mol. The highest BCUT2D eigenvalue weighted by molar-refractivity contribution is 6.76. The zero-order valence-corrected chi connectivity index (χ0v) is 13.3. The molecule has 0 spiro atoms.